The van der Waals surface area contributed by atoms with Crippen LogP contribution in [-0.2, 0) is 11.2 Å². The molecule has 0 atom stereocenters. The number of phenols is 1. The minimum absolute atomic E-state index is 0.0184. The lowest BCUT2D eigenvalue weighted by Crippen LogP contribution is -2.25. The summed E-state index contributed by atoms with van der Waals surface area (Å²) in [6.07, 6.45) is 5.13. The van der Waals surface area contributed by atoms with Gasteiger partial charge < -0.3 is 10.4 Å². The summed E-state index contributed by atoms with van der Waals surface area (Å²) in [5.74, 6) is 0.175. The molecule has 1 rings (SSSR count). The van der Waals surface area contributed by atoms with Crippen LogP contribution >= 0.6 is 0 Å². The minimum Gasteiger partial charge on any atom is -0.508 e. The summed E-state index contributed by atoms with van der Waals surface area (Å²) >= 11 is 0. The third-order valence-corrected chi connectivity index (χ3v) is 2.14. The Morgan fingerprint density at radius 3 is 3.00 bits per heavy atom. The molecule has 0 saturated carbocycles. The monoisotopic (exact) mass is 219 g/mol. The summed E-state index contributed by atoms with van der Waals surface area (Å²) in [5.41, 5.74) is 0.823. The first-order valence-electron chi connectivity index (χ1n) is 5.38. The van der Waals surface area contributed by atoms with E-state index in [9.17, 15) is 9.90 Å². The zero-order valence-electron chi connectivity index (χ0n) is 9.44. The number of carbonyl (C=O) groups excluding carboxylic acids is 1. The molecule has 0 fully saturated rings. The molecule has 2 N–H and O–H groups in total. The lowest BCUT2D eigenvalue weighted by atomic mass is 10.1. The van der Waals surface area contributed by atoms with Crippen LogP contribution in [-0.4, -0.2) is 17.6 Å². The highest BCUT2D eigenvalue weighted by Gasteiger charge is 2.02. The Hall–Kier alpha value is -1.77. The van der Waals surface area contributed by atoms with Gasteiger partial charge in [-0.1, -0.05) is 24.3 Å². The third kappa shape index (κ3) is 4.64. The van der Waals surface area contributed by atoms with Gasteiger partial charge in [-0.25, -0.2) is 0 Å². The molecule has 0 aliphatic rings. The number of hydrogen-bond donors (Lipinski definition) is 2. The number of aromatic hydroxyl groups is 1. The molecule has 0 heterocycles. The molecular formula is C13H17NO2. The Morgan fingerprint density at radius 1 is 1.50 bits per heavy atom. The van der Waals surface area contributed by atoms with E-state index in [-0.39, 0.29) is 11.7 Å². The van der Waals surface area contributed by atoms with Crippen LogP contribution in [0.2, 0.25) is 0 Å². The second kappa shape index (κ2) is 6.67. The zero-order valence-corrected chi connectivity index (χ0v) is 9.44. The molecule has 0 aliphatic heterocycles. The van der Waals surface area contributed by atoms with Crippen LogP contribution < -0.4 is 5.32 Å². The molecule has 0 spiro atoms. The molecular weight excluding hydrogens is 202 g/mol. The molecule has 0 radical (unpaired) electrons. The number of phenolic OH excluding ortho intramolecular Hbond substituents is 1. The SMILES string of the molecule is C/C=C/CCNC(=O)Cc1cccc(O)c1. The van der Waals surface area contributed by atoms with Gasteiger partial charge in [0.2, 0.25) is 5.91 Å². The van der Waals surface area contributed by atoms with Crippen molar-refractivity contribution < 1.29 is 9.90 Å². The Balaban J connectivity index is 2.34. The van der Waals surface area contributed by atoms with Crippen molar-refractivity contribution in [1.29, 1.82) is 0 Å². The average Bonchev–Trinajstić information content (AvgIpc) is 2.24. The normalized spacial score (nSPS) is 10.6. The number of rotatable bonds is 5. The summed E-state index contributed by atoms with van der Waals surface area (Å²) in [5, 5.41) is 12.0. The first-order valence-corrected chi connectivity index (χ1v) is 5.38. The van der Waals surface area contributed by atoms with E-state index in [1.807, 2.05) is 25.1 Å². The van der Waals surface area contributed by atoms with Gasteiger partial charge >= 0.3 is 0 Å². The standard InChI is InChI=1S/C13H17NO2/c1-2-3-4-8-14-13(16)10-11-6-5-7-12(15)9-11/h2-3,5-7,9,15H,4,8,10H2,1H3,(H,14,16)/b3-2+. The fraction of sp³-hybridized carbons (Fsp3) is 0.308. The van der Waals surface area contributed by atoms with Crippen molar-refractivity contribution in [3.05, 3.63) is 42.0 Å². The van der Waals surface area contributed by atoms with E-state index in [0.717, 1.165) is 12.0 Å². The molecule has 1 amide bonds. The molecule has 0 saturated heterocycles. The van der Waals surface area contributed by atoms with E-state index in [1.165, 1.54) is 0 Å². The highest BCUT2D eigenvalue weighted by molar-refractivity contribution is 5.78. The van der Waals surface area contributed by atoms with Crippen LogP contribution in [0.3, 0.4) is 0 Å². The molecule has 3 heteroatoms. The topological polar surface area (TPSA) is 49.3 Å². The molecule has 16 heavy (non-hydrogen) atoms. The van der Waals surface area contributed by atoms with Gasteiger partial charge in [0, 0.05) is 6.54 Å². The summed E-state index contributed by atoms with van der Waals surface area (Å²) in [7, 11) is 0. The summed E-state index contributed by atoms with van der Waals surface area (Å²) in [6.45, 7) is 2.61. The van der Waals surface area contributed by atoms with Crippen molar-refractivity contribution >= 4 is 5.91 Å². The second-order valence-electron chi connectivity index (χ2n) is 3.55. The van der Waals surface area contributed by atoms with Gasteiger partial charge in [0.05, 0.1) is 6.42 Å². The van der Waals surface area contributed by atoms with Crippen molar-refractivity contribution in [3.8, 4) is 5.75 Å². The molecule has 1 aromatic rings. The number of amides is 1. The fourth-order valence-corrected chi connectivity index (χ4v) is 1.38. The van der Waals surface area contributed by atoms with Crippen molar-refractivity contribution in [2.45, 2.75) is 19.8 Å². The van der Waals surface area contributed by atoms with Crippen LogP contribution in [0, 0.1) is 0 Å². The summed E-state index contributed by atoms with van der Waals surface area (Å²) in [6, 6.07) is 6.75. The van der Waals surface area contributed by atoms with E-state index in [0.29, 0.717) is 13.0 Å². The van der Waals surface area contributed by atoms with Gasteiger partial charge in [-0.2, -0.15) is 0 Å². The lowest BCUT2D eigenvalue weighted by Gasteiger charge is -2.03. The van der Waals surface area contributed by atoms with Gasteiger partial charge in [-0.15, -0.1) is 0 Å². The molecule has 0 bridgehead atoms. The predicted octanol–water partition coefficient (Wildman–Crippen LogP) is 2.02. The molecule has 0 aromatic heterocycles. The number of nitrogens with one attached hydrogen (secondary N) is 1. The molecule has 0 aliphatic carbocycles. The first kappa shape index (κ1) is 12.3. The zero-order chi connectivity index (χ0) is 11.8. The number of carbonyl (C=O) groups is 1. The molecule has 86 valence electrons. The van der Waals surface area contributed by atoms with E-state index in [4.69, 9.17) is 0 Å². The van der Waals surface area contributed by atoms with Crippen LogP contribution in [0.5, 0.6) is 5.75 Å². The fourth-order valence-electron chi connectivity index (χ4n) is 1.38. The van der Waals surface area contributed by atoms with Crippen molar-refractivity contribution in [3.63, 3.8) is 0 Å². The maximum Gasteiger partial charge on any atom is 0.224 e. The minimum atomic E-state index is -0.0184. The lowest BCUT2D eigenvalue weighted by molar-refractivity contribution is -0.120. The molecule has 0 unspecified atom stereocenters. The van der Waals surface area contributed by atoms with E-state index < -0.39 is 0 Å². The van der Waals surface area contributed by atoms with Crippen LogP contribution in [0.1, 0.15) is 18.9 Å². The van der Waals surface area contributed by atoms with Gasteiger partial charge in [-0.3, -0.25) is 4.79 Å². The van der Waals surface area contributed by atoms with Gasteiger partial charge in [0.15, 0.2) is 0 Å². The maximum absolute atomic E-state index is 11.5. The van der Waals surface area contributed by atoms with Crippen LogP contribution in [0.25, 0.3) is 0 Å². The maximum atomic E-state index is 11.5. The quantitative estimate of drug-likeness (QED) is 0.588. The Kier molecular flexibility index (Phi) is 5.12. The van der Waals surface area contributed by atoms with E-state index in [1.54, 1.807) is 18.2 Å². The Labute approximate surface area is 95.8 Å². The van der Waals surface area contributed by atoms with Gasteiger partial charge in [0.1, 0.15) is 5.75 Å². The predicted molar refractivity (Wildman–Crippen MR) is 64.3 cm³/mol. The highest BCUT2D eigenvalue weighted by Crippen LogP contribution is 2.11. The average molecular weight is 219 g/mol. The number of allylic oxidation sites excluding steroid dienone is 1. The highest BCUT2D eigenvalue weighted by atomic mass is 16.3. The van der Waals surface area contributed by atoms with Crippen molar-refractivity contribution in [1.82, 2.24) is 5.32 Å². The van der Waals surface area contributed by atoms with E-state index >= 15 is 0 Å². The van der Waals surface area contributed by atoms with Gasteiger partial charge in [0.25, 0.3) is 0 Å². The largest absolute Gasteiger partial charge is 0.508 e. The summed E-state index contributed by atoms with van der Waals surface area (Å²) < 4.78 is 0. The Bertz CT molecular complexity index is 372. The second-order valence-corrected chi connectivity index (χ2v) is 3.55. The van der Waals surface area contributed by atoms with Gasteiger partial charge in [-0.05, 0) is 31.0 Å². The smallest absolute Gasteiger partial charge is 0.224 e. The third-order valence-electron chi connectivity index (χ3n) is 2.14. The van der Waals surface area contributed by atoms with E-state index in [2.05, 4.69) is 5.32 Å². The first-order chi connectivity index (χ1) is 7.72. The van der Waals surface area contributed by atoms with Crippen LogP contribution in [0.4, 0.5) is 0 Å². The van der Waals surface area contributed by atoms with Crippen LogP contribution in [0.15, 0.2) is 36.4 Å². The summed E-state index contributed by atoms with van der Waals surface area (Å²) in [4.78, 5) is 11.5. The number of hydrogen-bond acceptors (Lipinski definition) is 2. The Morgan fingerprint density at radius 2 is 2.31 bits per heavy atom. The molecule has 3 nitrogen and oxygen atoms in total. The van der Waals surface area contributed by atoms with Crippen molar-refractivity contribution in [2.24, 2.45) is 0 Å². The van der Waals surface area contributed by atoms with Crippen molar-refractivity contribution in [2.75, 3.05) is 6.54 Å². The molecule has 1 aromatic carbocycles. The number of benzene rings is 1.